The van der Waals surface area contributed by atoms with Crippen molar-refractivity contribution in [2.45, 2.75) is 46.0 Å². The van der Waals surface area contributed by atoms with E-state index in [1.807, 2.05) is 50.2 Å². The van der Waals surface area contributed by atoms with Crippen LogP contribution in [-0.4, -0.2) is 12.6 Å². The molecule has 178 valence electrons. The maximum Gasteiger partial charge on any atom is 0.416 e. The number of allylic oxidation sites excluding steroid dienone is 1. The zero-order chi connectivity index (χ0) is 24.7. The minimum Gasteiger partial charge on any atom is -0.496 e. The molecule has 0 unspecified atom stereocenters. The molecule has 0 amide bonds. The van der Waals surface area contributed by atoms with Crippen molar-refractivity contribution < 1.29 is 22.6 Å². The molecule has 0 radical (unpaired) electrons. The molecule has 6 heteroatoms. The largest absolute Gasteiger partial charge is 0.496 e. The fourth-order valence-electron chi connectivity index (χ4n) is 4.56. The third-order valence-electron chi connectivity index (χ3n) is 5.93. The molecule has 0 saturated carbocycles. The molecule has 1 N–H and O–H groups in total. The maximum absolute atomic E-state index is 13.6. The summed E-state index contributed by atoms with van der Waals surface area (Å²) in [5, 5.41) is 3.51. The van der Waals surface area contributed by atoms with Crippen LogP contribution >= 0.6 is 0 Å². The van der Waals surface area contributed by atoms with Crippen LogP contribution in [0.15, 0.2) is 60.7 Å². The molecular formula is C28H28F3NO2. The van der Waals surface area contributed by atoms with Crippen LogP contribution in [0.3, 0.4) is 0 Å². The van der Waals surface area contributed by atoms with Gasteiger partial charge in [-0.15, -0.1) is 0 Å². The number of rotatable bonds is 5. The lowest BCUT2D eigenvalue weighted by Crippen LogP contribution is -2.32. The van der Waals surface area contributed by atoms with Crippen molar-refractivity contribution in [3.8, 4) is 22.6 Å². The van der Waals surface area contributed by atoms with Crippen molar-refractivity contribution in [2.24, 2.45) is 0 Å². The average Bonchev–Trinajstić information content (AvgIpc) is 2.75. The van der Waals surface area contributed by atoms with Crippen molar-refractivity contribution in [3.05, 3.63) is 82.9 Å². The summed E-state index contributed by atoms with van der Waals surface area (Å²) in [5.74, 6) is 1.07. The number of hydrogen-bond donors (Lipinski definition) is 1. The summed E-state index contributed by atoms with van der Waals surface area (Å²) < 4.78 is 52.3. The highest BCUT2D eigenvalue weighted by Gasteiger charge is 2.32. The fraction of sp³-hybridized carbons (Fsp3) is 0.286. The molecule has 3 nitrogen and oxygen atoms in total. The Morgan fingerprint density at radius 3 is 2.38 bits per heavy atom. The first-order valence-corrected chi connectivity index (χ1v) is 11.1. The Labute approximate surface area is 198 Å². The number of halogens is 3. The molecule has 0 spiro atoms. The Hall–Kier alpha value is -3.41. The molecule has 0 saturated heterocycles. The topological polar surface area (TPSA) is 30.5 Å². The van der Waals surface area contributed by atoms with Gasteiger partial charge >= 0.3 is 6.18 Å². The Balaban J connectivity index is 1.91. The summed E-state index contributed by atoms with van der Waals surface area (Å²) >= 11 is 0. The van der Waals surface area contributed by atoms with Crippen LogP contribution < -0.4 is 14.8 Å². The van der Waals surface area contributed by atoms with Gasteiger partial charge in [-0.25, -0.2) is 0 Å². The summed E-state index contributed by atoms with van der Waals surface area (Å²) in [5.41, 5.74) is 4.80. The highest BCUT2D eigenvalue weighted by molar-refractivity contribution is 5.88. The second-order valence-corrected chi connectivity index (χ2v) is 9.21. The molecule has 0 aromatic heterocycles. The highest BCUT2D eigenvalue weighted by atomic mass is 19.4. The van der Waals surface area contributed by atoms with Crippen LogP contribution in [0.1, 0.15) is 43.0 Å². The summed E-state index contributed by atoms with van der Waals surface area (Å²) in [7, 11) is 1.46. The van der Waals surface area contributed by atoms with Gasteiger partial charge in [0, 0.05) is 22.4 Å². The van der Waals surface area contributed by atoms with E-state index in [9.17, 15) is 13.2 Å². The molecule has 0 fully saturated rings. The molecule has 4 rings (SSSR count). The summed E-state index contributed by atoms with van der Waals surface area (Å²) in [6, 6.07) is 15.0. The third-order valence-corrected chi connectivity index (χ3v) is 5.93. The van der Waals surface area contributed by atoms with E-state index in [0.717, 1.165) is 40.1 Å². The van der Waals surface area contributed by atoms with Gasteiger partial charge in [-0.1, -0.05) is 24.3 Å². The Kier molecular flexibility index (Phi) is 6.11. The number of fused-ring (bicyclic) bond motifs is 1. The van der Waals surface area contributed by atoms with Gasteiger partial charge in [0.15, 0.2) is 0 Å². The Morgan fingerprint density at radius 2 is 1.71 bits per heavy atom. The highest BCUT2D eigenvalue weighted by Crippen LogP contribution is 2.44. The van der Waals surface area contributed by atoms with Crippen LogP contribution in [-0.2, 0) is 12.8 Å². The van der Waals surface area contributed by atoms with Gasteiger partial charge in [-0.2, -0.15) is 13.2 Å². The summed E-state index contributed by atoms with van der Waals surface area (Å²) in [4.78, 5) is 0. The van der Waals surface area contributed by atoms with Gasteiger partial charge in [0.25, 0.3) is 0 Å². The minimum absolute atomic E-state index is 0.189. The molecule has 0 atom stereocenters. The van der Waals surface area contributed by atoms with Gasteiger partial charge in [-0.3, -0.25) is 0 Å². The van der Waals surface area contributed by atoms with E-state index < -0.39 is 11.7 Å². The smallest absolute Gasteiger partial charge is 0.416 e. The quantitative estimate of drug-likeness (QED) is 0.414. The van der Waals surface area contributed by atoms with E-state index >= 15 is 0 Å². The van der Waals surface area contributed by atoms with E-state index in [1.165, 1.54) is 13.2 Å². The van der Waals surface area contributed by atoms with Gasteiger partial charge in [-0.05, 0) is 80.8 Å². The molecule has 0 aliphatic carbocycles. The molecule has 34 heavy (non-hydrogen) atoms. The number of aryl methyl sites for hydroxylation is 1. The van der Waals surface area contributed by atoms with Crippen molar-refractivity contribution in [2.75, 3.05) is 12.4 Å². The molecule has 3 aromatic carbocycles. The molecule has 1 aliphatic heterocycles. The normalized spacial score (nSPS) is 14.6. The fourth-order valence-corrected chi connectivity index (χ4v) is 4.56. The van der Waals surface area contributed by atoms with Crippen LogP contribution in [0.4, 0.5) is 18.9 Å². The van der Waals surface area contributed by atoms with Gasteiger partial charge < -0.3 is 14.8 Å². The van der Waals surface area contributed by atoms with E-state index in [4.69, 9.17) is 9.47 Å². The van der Waals surface area contributed by atoms with Crippen LogP contribution in [0, 0.1) is 6.92 Å². The Bertz CT molecular complexity index is 1260. The molecule has 1 aliphatic rings. The number of anilines is 1. The number of methoxy groups -OCH3 is 1. The van der Waals surface area contributed by atoms with Crippen LogP contribution in [0.5, 0.6) is 11.5 Å². The zero-order valence-electron chi connectivity index (χ0n) is 19.9. The second-order valence-electron chi connectivity index (χ2n) is 9.21. The summed E-state index contributed by atoms with van der Waals surface area (Å²) in [6.45, 7) is 8.34. The van der Waals surface area contributed by atoms with E-state index in [1.54, 1.807) is 0 Å². The van der Waals surface area contributed by atoms with E-state index in [2.05, 4.69) is 25.2 Å². The predicted octanol–water partition coefficient (Wildman–Crippen LogP) is 7.88. The zero-order valence-corrected chi connectivity index (χ0v) is 19.9. The third kappa shape index (κ3) is 4.76. The molecular weight excluding hydrogens is 439 g/mol. The lowest BCUT2D eigenvalue weighted by Gasteiger charge is -2.33. The van der Waals surface area contributed by atoms with Gasteiger partial charge in [0.05, 0.1) is 18.2 Å². The monoisotopic (exact) mass is 467 g/mol. The molecule has 3 aromatic rings. The number of ether oxygens (including phenoxy) is 2. The number of nitrogens with one attached hydrogen (secondary N) is 1. The molecule has 1 heterocycles. The van der Waals surface area contributed by atoms with E-state index in [0.29, 0.717) is 22.6 Å². The first-order chi connectivity index (χ1) is 16.0. The van der Waals surface area contributed by atoms with Crippen molar-refractivity contribution >= 4 is 11.3 Å². The van der Waals surface area contributed by atoms with Crippen molar-refractivity contribution in [1.29, 1.82) is 0 Å². The van der Waals surface area contributed by atoms with Crippen molar-refractivity contribution in [3.63, 3.8) is 0 Å². The number of benzene rings is 3. The number of alkyl halides is 3. The van der Waals surface area contributed by atoms with Crippen molar-refractivity contribution in [1.82, 2.24) is 0 Å². The van der Waals surface area contributed by atoms with Crippen LogP contribution in [0.25, 0.3) is 16.7 Å². The van der Waals surface area contributed by atoms with Gasteiger partial charge in [0.2, 0.25) is 0 Å². The predicted molar refractivity (Wildman–Crippen MR) is 130 cm³/mol. The SMILES string of the molecule is COc1ccc(C(F)(F)F)cc1-c1ccc2c(c1COc1cccc(C)c1)C(C)=CC(C)(C)N2. The molecule has 0 bridgehead atoms. The average molecular weight is 468 g/mol. The second kappa shape index (κ2) is 8.75. The standard InChI is InChI=1S/C28H28F3NO2/c1-17-7-6-8-20(13-17)34-16-23-21(10-11-24-26(23)18(2)15-27(3,4)32-24)22-14-19(28(29,30)31)9-12-25(22)33-5/h6-15,32H,16H2,1-5H3. The summed E-state index contributed by atoms with van der Waals surface area (Å²) in [6.07, 6.45) is -2.34. The maximum atomic E-state index is 13.6. The lowest BCUT2D eigenvalue weighted by molar-refractivity contribution is -0.137. The number of hydrogen-bond acceptors (Lipinski definition) is 3. The first kappa shape index (κ1) is 23.7. The Morgan fingerprint density at radius 1 is 0.941 bits per heavy atom. The minimum atomic E-state index is -4.46. The van der Waals surface area contributed by atoms with Gasteiger partial charge in [0.1, 0.15) is 18.1 Å². The lowest BCUT2D eigenvalue weighted by atomic mass is 9.85. The van der Waals surface area contributed by atoms with E-state index in [-0.39, 0.29) is 12.1 Å². The first-order valence-electron chi connectivity index (χ1n) is 11.1. The van der Waals surface area contributed by atoms with Crippen LogP contribution in [0.2, 0.25) is 0 Å².